The first-order chi connectivity index (χ1) is 11.1. The number of thioether (sulfide) groups is 1. The number of piperidine rings is 1. The van der Waals surface area contributed by atoms with E-state index in [9.17, 15) is 4.79 Å². The molecule has 2 aromatic heterocycles. The molecule has 0 radical (unpaired) electrons. The molecule has 3 rings (SSSR count). The van der Waals surface area contributed by atoms with Crippen LogP contribution >= 0.6 is 11.8 Å². The predicted octanol–water partition coefficient (Wildman–Crippen LogP) is 2.88. The Hall–Kier alpha value is -1.76. The first kappa shape index (κ1) is 16.1. The fraction of sp³-hybridized carbons (Fsp3) is 0.562. The summed E-state index contributed by atoms with van der Waals surface area (Å²) < 4.78 is 7.24. The van der Waals surface area contributed by atoms with Crippen molar-refractivity contribution in [3.05, 3.63) is 18.1 Å². The van der Waals surface area contributed by atoms with Crippen LogP contribution in [0.4, 0.5) is 0 Å². The molecule has 1 aliphatic rings. The van der Waals surface area contributed by atoms with Gasteiger partial charge < -0.3 is 13.9 Å². The molecule has 1 saturated heterocycles. The lowest BCUT2D eigenvalue weighted by molar-refractivity contribution is -0.131. The lowest BCUT2D eigenvalue weighted by Gasteiger charge is -2.33. The summed E-state index contributed by atoms with van der Waals surface area (Å²) in [6, 6.07) is 2.23. The monoisotopic (exact) mass is 334 g/mol. The van der Waals surface area contributed by atoms with Gasteiger partial charge in [-0.2, -0.15) is 0 Å². The maximum absolute atomic E-state index is 12.4. The Balaban J connectivity index is 1.66. The summed E-state index contributed by atoms with van der Waals surface area (Å²) in [5.74, 6) is 2.17. The third-order valence-electron chi connectivity index (χ3n) is 4.38. The largest absolute Gasteiger partial charge is 0.469 e. The Morgan fingerprint density at radius 2 is 2.26 bits per heavy atom. The molecule has 0 N–H and O–H groups in total. The summed E-state index contributed by atoms with van der Waals surface area (Å²) in [5, 5.41) is 9.19. The number of carbonyl (C=O) groups is 1. The van der Waals surface area contributed by atoms with Gasteiger partial charge in [-0.3, -0.25) is 4.79 Å². The van der Waals surface area contributed by atoms with Crippen molar-refractivity contribution in [2.75, 3.05) is 12.3 Å². The van der Waals surface area contributed by atoms with E-state index in [1.165, 1.54) is 18.2 Å². The van der Waals surface area contributed by atoms with Crippen LogP contribution < -0.4 is 0 Å². The van der Waals surface area contributed by atoms with Gasteiger partial charge in [-0.25, -0.2) is 0 Å². The van der Waals surface area contributed by atoms with E-state index in [1.54, 1.807) is 6.26 Å². The van der Waals surface area contributed by atoms with Gasteiger partial charge in [-0.15, -0.1) is 10.2 Å². The number of aryl methyl sites for hydroxylation is 1. The van der Waals surface area contributed by atoms with Crippen LogP contribution in [0, 0.1) is 6.92 Å². The van der Waals surface area contributed by atoms with E-state index >= 15 is 0 Å². The zero-order valence-corrected chi connectivity index (χ0v) is 14.6. The van der Waals surface area contributed by atoms with Crippen LogP contribution in [0.25, 0.3) is 11.4 Å². The molecule has 23 heavy (non-hydrogen) atoms. The van der Waals surface area contributed by atoms with Gasteiger partial charge in [0.2, 0.25) is 5.91 Å². The molecule has 1 atom stereocenters. The van der Waals surface area contributed by atoms with Crippen molar-refractivity contribution in [3.8, 4) is 11.4 Å². The first-order valence-corrected chi connectivity index (χ1v) is 8.92. The van der Waals surface area contributed by atoms with Crippen molar-refractivity contribution in [2.24, 2.45) is 7.05 Å². The molecule has 6 nitrogen and oxygen atoms in total. The van der Waals surface area contributed by atoms with E-state index in [1.807, 2.05) is 29.5 Å². The smallest absolute Gasteiger partial charge is 0.233 e. The summed E-state index contributed by atoms with van der Waals surface area (Å²) in [5.41, 5.74) is 0.933. The van der Waals surface area contributed by atoms with Crippen LogP contribution in [-0.4, -0.2) is 43.9 Å². The summed E-state index contributed by atoms with van der Waals surface area (Å²) in [7, 11) is 1.91. The summed E-state index contributed by atoms with van der Waals surface area (Å²) in [4.78, 5) is 14.4. The van der Waals surface area contributed by atoms with Gasteiger partial charge in [0.15, 0.2) is 11.0 Å². The first-order valence-electron chi connectivity index (χ1n) is 7.94. The molecule has 7 heteroatoms. The van der Waals surface area contributed by atoms with Gasteiger partial charge in [0.25, 0.3) is 0 Å². The lowest BCUT2D eigenvalue weighted by Crippen LogP contribution is -2.42. The van der Waals surface area contributed by atoms with E-state index in [0.717, 1.165) is 41.7 Å². The summed E-state index contributed by atoms with van der Waals surface area (Å²) in [6.07, 6.45) is 5.07. The van der Waals surface area contributed by atoms with Crippen molar-refractivity contribution in [1.82, 2.24) is 19.7 Å². The standard InChI is InChI=1S/C16H22N4O2S/c1-11-6-4-5-8-20(11)14(21)10-23-16-18-17-15(19(16)3)13-7-9-22-12(13)2/h7,9,11H,4-6,8,10H2,1-3H3/t11-/m1/s1. The molecular formula is C16H22N4O2S. The minimum absolute atomic E-state index is 0.186. The highest BCUT2D eigenvalue weighted by Gasteiger charge is 2.24. The average molecular weight is 334 g/mol. The van der Waals surface area contributed by atoms with Crippen LogP contribution in [0.5, 0.6) is 0 Å². The summed E-state index contributed by atoms with van der Waals surface area (Å²) in [6.45, 7) is 4.90. The number of hydrogen-bond donors (Lipinski definition) is 0. The third-order valence-corrected chi connectivity index (χ3v) is 5.39. The number of aromatic nitrogens is 3. The fourth-order valence-corrected chi connectivity index (χ4v) is 3.77. The van der Waals surface area contributed by atoms with E-state index < -0.39 is 0 Å². The number of furan rings is 1. The second-order valence-electron chi connectivity index (χ2n) is 5.98. The molecule has 0 aliphatic carbocycles. The fourth-order valence-electron chi connectivity index (χ4n) is 2.97. The molecule has 1 amide bonds. The average Bonchev–Trinajstić information content (AvgIpc) is 3.11. The van der Waals surface area contributed by atoms with Crippen LogP contribution in [0.1, 0.15) is 31.9 Å². The summed E-state index contributed by atoms with van der Waals surface area (Å²) >= 11 is 1.44. The van der Waals surface area contributed by atoms with Crippen molar-refractivity contribution in [1.29, 1.82) is 0 Å². The van der Waals surface area contributed by atoms with Gasteiger partial charge >= 0.3 is 0 Å². The Morgan fingerprint density at radius 1 is 1.43 bits per heavy atom. The SMILES string of the molecule is Cc1occc1-c1nnc(SCC(=O)N2CCCC[C@H]2C)n1C. The van der Waals surface area contributed by atoms with E-state index in [-0.39, 0.29) is 5.91 Å². The highest BCUT2D eigenvalue weighted by atomic mass is 32.2. The van der Waals surface area contributed by atoms with Crippen LogP contribution in [-0.2, 0) is 11.8 Å². The van der Waals surface area contributed by atoms with E-state index in [2.05, 4.69) is 17.1 Å². The lowest BCUT2D eigenvalue weighted by atomic mass is 10.0. The quantitative estimate of drug-likeness (QED) is 0.805. The molecule has 2 aromatic rings. The zero-order valence-electron chi connectivity index (χ0n) is 13.8. The molecular weight excluding hydrogens is 312 g/mol. The second-order valence-corrected chi connectivity index (χ2v) is 6.92. The number of nitrogens with zero attached hydrogens (tertiary/aromatic N) is 4. The molecule has 124 valence electrons. The van der Waals surface area contributed by atoms with Gasteiger partial charge in [0, 0.05) is 19.6 Å². The van der Waals surface area contributed by atoms with Gasteiger partial charge in [0.05, 0.1) is 17.6 Å². The Kier molecular flexibility index (Phi) is 4.75. The van der Waals surface area contributed by atoms with Gasteiger partial charge in [-0.05, 0) is 39.2 Å². The molecule has 0 unspecified atom stereocenters. The molecule has 1 fully saturated rings. The van der Waals surface area contributed by atoms with Crippen LogP contribution in [0.15, 0.2) is 21.9 Å². The number of hydrogen-bond acceptors (Lipinski definition) is 5. The molecule has 3 heterocycles. The van der Waals surface area contributed by atoms with Gasteiger partial charge in [0.1, 0.15) is 5.76 Å². The Labute approximate surface area is 140 Å². The molecule has 1 aliphatic heterocycles. The Bertz CT molecular complexity index is 694. The molecule has 0 bridgehead atoms. The van der Waals surface area contributed by atoms with Crippen molar-refractivity contribution in [3.63, 3.8) is 0 Å². The highest BCUT2D eigenvalue weighted by molar-refractivity contribution is 7.99. The maximum atomic E-state index is 12.4. The molecule has 0 spiro atoms. The van der Waals surface area contributed by atoms with Gasteiger partial charge in [-0.1, -0.05) is 11.8 Å². The maximum Gasteiger partial charge on any atom is 0.233 e. The molecule has 0 aromatic carbocycles. The number of carbonyl (C=O) groups excluding carboxylic acids is 1. The minimum Gasteiger partial charge on any atom is -0.469 e. The number of likely N-dealkylation sites (tertiary alicyclic amines) is 1. The molecule has 0 saturated carbocycles. The predicted molar refractivity (Wildman–Crippen MR) is 89.2 cm³/mol. The van der Waals surface area contributed by atoms with Crippen molar-refractivity contribution in [2.45, 2.75) is 44.3 Å². The third kappa shape index (κ3) is 3.29. The Morgan fingerprint density at radius 3 is 2.96 bits per heavy atom. The van der Waals surface area contributed by atoms with Crippen LogP contribution in [0.3, 0.4) is 0 Å². The second kappa shape index (κ2) is 6.78. The van der Waals surface area contributed by atoms with E-state index in [4.69, 9.17) is 4.42 Å². The normalized spacial score (nSPS) is 18.4. The number of amides is 1. The topological polar surface area (TPSA) is 64.2 Å². The zero-order chi connectivity index (χ0) is 16.4. The minimum atomic E-state index is 0.186. The van der Waals surface area contributed by atoms with Crippen molar-refractivity contribution >= 4 is 17.7 Å². The van der Waals surface area contributed by atoms with Crippen molar-refractivity contribution < 1.29 is 9.21 Å². The van der Waals surface area contributed by atoms with E-state index in [0.29, 0.717) is 11.8 Å². The van der Waals surface area contributed by atoms with Crippen LogP contribution in [0.2, 0.25) is 0 Å². The number of rotatable bonds is 4. The highest BCUT2D eigenvalue weighted by Crippen LogP contribution is 2.26.